The van der Waals surface area contributed by atoms with Crippen LogP contribution in [0.15, 0.2) is 32.5 Å². The van der Waals surface area contributed by atoms with E-state index in [9.17, 15) is 4.39 Å². The number of benzene rings is 1. The molecule has 0 spiro atoms. The first-order valence-electron chi connectivity index (χ1n) is 5.00. The third-order valence-electron chi connectivity index (χ3n) is 2.35. The fourth-order valence-electron chi connectivity index (χ4n) is 1.47. The molecule has 0 fully saturated rings. The molecule has 0 saturated heterocycles. The summed E-state index contributed by atoms with van der Waals surface area (Å²) < 4.78 is 15.0. The molecule has 17 heavy (non-hydrogen) atoms. The van der Waals surface area contributed by atoms with E-state index in [4.69, 9.17) is 0 Å². The van der Waals surface area contributed by atoms with Crippen molar-refractivity contribution in [2.75, 3.05) is 5.32 Å². The van der Waals surface area contributed by atoms with Crippen LogP contribution < -0.4 is 5.32 Å². The summed E-state index contributed by atoms with van der Waals surface area (Å²) in [5.74, 6) is -0.245. The maximum absolute atomic E-state index is 13.4. The predicted octanol–water partition coefficient (Wildman–Crippen LogP) is 5.33. The molecule has 0 aliphatic heterocycles. The minimum absolute atomic E-state index is 0.245. The van der Waals surface area contributed by atoms with Crippen LogP contribution in [0.25, 0.3) is 0 Å². The number of thiophene rings is 1. The molecule has 2 rings (SSSR count). The smallest absolute Gasteiger partial charge is 0.139 e. The number of hydrogen-bond donors (Lipinski definition) is 1. The second kappa shape index (κ2) is 5.50. The first-order chi connectivity index (χ1) is 8.06. The molecule has 0 aliphatic carbocycles. The highest BCUT2D eigenvalue weighted by Gasteiger charge is 2.05. The van der Waals surface area contributed by atoms with E-state index in [1.165, 1.54) is 10.9 Å². The van der Waals surface area contributed by atoms with Gasteiger partial charge in [0.05, 0.1) is 8.26 Å². The Labute approximate surface area is 120 Å². The number of anilines is 1. The first kappa shape index (κ1) is 13.1. The van der Waals surface area contributed by atoms with Crippen molar-refractivity contribution in [3.63, 3.8) is 0 Å². The van der Waals surface area contributed by atoms with Gasteiger partial charge >= 0.3 is 0 Å². The second-order valence-corrected chi connectivity index (χ2v) is 7.04. The normalized spacial score (nSPS) is 10.6. The van der Waals surface area contributed by atoms with E-state index in [1.54, 1.807) is 17.4 Å². The third-order valence-corrected chi connectivity index (χ3v) is 4.58. The van der Waals surface area contributed by atoms with Gasteiger partial charge in [0.25, 0.3) is 0 Å². The molecule has 0 bridgehead atoms. The summed E-state index contributed by atoms with van der Waals surface area (Å²) in [5, 5.41) is 3.24. The lowest BCUT2D eigenvalue weighted by Gasteiger charge is -2.09. The van der Waals surface area contributed by atoms with Gasteiger partial charge in [0, 0.05) is 17.1 Å². The van der Waals surface area contributed by atoms with Gasteiger partial charge in [-0.25, -0.2) is 4.39 Å². The zero-order chi connectivity index (χ0) is 12.4. The van der Waals surface area contributed by atoms with E-state index in [0.717, 1.165) is 15.0 Å². The lowest BCUT2D eigenvalue weighted by atomic mass is 10.2. The van der Waals surface area contributed by atoms with Gasteiger partial charge in [-0.3, -0.25) is 0 Å². The van der Waals surface area contributed by atoms with E-state index in [2.05, 4.69) is 37.2 Å². The van der Waals surface area contributed by atoms with Crippen molar-refractivity contribution in [1.29, 1.82) is 0 Å². The Morgan fingerprint density at radius 3 is 2.71 bits per heavy atom. The summed E-state index contributed by atoms with van der Waals surface area (Å²) in [7, 11) is 0. The summed E-state index contributed by atoms with van der Waals surface area (Å²) in [6.45, 7) is 2.66. The van der Waals surface area contributed by atoms with Crippen LogP contribution in [0.3, 0.4) is 0 Å². The van der Waals surface area contributed by atoms with Crippen LogP contribution in [0.5, 0.6) is 0 Å². The molecular formula is C12H10Br2FNS. The highest BCUT2D eigenvalue weighted by atomic mass is 79.9. The zero-order valence-corrected chi connectivity index (χ0v) is 13.0. The van der Waals surface area contributed by atoms with Crippen LogP contribution in [0.4, 0.5) is 10.1 Å². The van der Waals surface area contributed by atoms with Gasteiger partial charge in [0.15, 0.2) is 0 Å². The van der Waals surface area contributed by atoms with Gasteiger partial charge in [-0.15, -0.1) is 11.3 Å². The van der Waals surface area contributed by atoms with Gasteiger partial charge < -0.3 is 5.32 Å². The van der Waals surface area contributed by atoms with E-state index >= 15 is 0 Å². The molecular weight excluding hydrogens is 369 g/mol. The van der Waals surface area contributed by atoms with E-state index in [1.807, 2.05) is 19.1 Å². The van der Waals surface area contributed by atoms with Crippen molar-refractivity contribution in [2.45, 2.75) is 13.5 Å². The van der Waals surface area contributed by atoms with Crippen molar-refractivity contribution >= 4 is 48.9 Å². The van der Waals surface area contributed by atoms with Crippen LogP contribution in [0.1, 0.15) is 10.4 Å². The molecule has 5 heteroatoms. The quantitative estimate of drug-likeness (QED) is 0.760. The SMILES string of the molecule is Cc1cc(Br)c(F)cc1NCc1ccc(Br)s1. The number of hydrogen-bond acceptors (Lipinski definition) is 2. The molecule has 0 amide bonds. The van der Waals surface area contributed by atoms with Crippen LogP contribution in [0, 0.1) is 12.7 Å². The Hall–Kier alpha value is -0.390. The Morgan fingerprint density at radius 2 is 2.06 bits per heavy atom. The number of rotatable bonds is 3. The molecule has 0 saturated carbocycles. The number of aryl methyl sites for hydroxylation is 1. The average Bonchev–Trinajstić information content (AvgIpc) is 2.68. The monoisotopic (exact) mass is 377 g/mol. The minimum Gasteiger partial charge on any atom is -0.380 e. The van der Waals surface area contributed by atoms with Crippen molar-refractivity contribution in [2.24, 2.45) is 0 Å². The van der Waals surface area contributed by atoms with Crippen LogP contribution >= 0.6 is 43.2 Å². The largest absolute Gasteiger partial charge is 0.380 e. The molecule has 90 valence electrons. The lowest BCUT2D eigenvalue weighted by molar-refractivity contribution is 0.621. The molecule has 0 atom stereocenters. The van der Waals surface area contributed by atoms with Crippen LogP contribution in [0.2, 0.25) is 0 Å². The van der Waals surface area contributed by atoms with Crippen LogP contribution in [-0.2, 0) is 6.54 Å². The zero-order valence-electron chi connectivity index (χ0n) is 9.06. The van der Waals surface area contributed by atoms with Gasteiger partial charge in [0.2, 0.25) is 0 Å². The Morgan fingerprint density at radius 1 is 1.29 bits per heavy atom. The molecule has 0 radical (unpaired) electrons. The maximum atomic E-state index is 13.4. The Kier molecular flexibility index (Phi) is 4.22. The van der Waals surface area contributed by atoms with Crippen molar-refractivity contribution in [1.82, 2.24) is 0 Å². The van der Waals surface area contributed by atoms with Gasteiger partial charge in [0.1, 0.15) is 5.82 Å². The molecule has 0 aliphatic rings. The van der Waals surface area contributed by atoms with E-state index in [0.29, 0.717) is 11.0 Å². The van der Waals surface area contributed by atoms with Gasteiger partial charge in [-0.2, -0.15) is 0 Å². The second-order valence-electron chi connectivity index (χ2n) is 3.64. The Bertz CT molecular complexity index is 539. The predicted molar refractivity (Wildman–Crippen MR) is 78.2 cm³/mol. The lowest BCUT2D eigenvalue weighted by Crippen LogP contribution is -2.00. The highest BCUT2D eigenvalue weighted by molar-refractivity contribution is 9.11. The molecule has 1 aromatic carbocycles. The van der Waals surface area contributed by atoms with Crippen molar-refractivity contribution in [3.05, 3.63) is 48.8 Å². The third kappa shape index (κ3) is 3.30. The summed E-state index contributed by atoms with van der Waals surface area (Å²) in [4.78, 5) is 1.21. The average molecular weight is 379 g/mol. The van der Waals surface area contributed by atoms with Crippen molar-refractivity contribution in [3.8, 4) is 0 Å². The molecule has 0 unspecified atom stereocenters. The van der Waals surface area contributed by atoms with Crippen LogP contribution in [-0.4, -0.2) is 0 Å². The topological polar surface area (TPSA) is 12.0 Å². The number of nitrogens with one attached hydrogen (secondary N) is 1. The first-order valence-corrected chi connectivity index (χ1v) is 7.40. The summed E-state index contributed by atoms with van der Waals surface area (Å²) in [6.07, 6.45) is 0. The Balaban J connectivity index is 2.11. The molecule has 1 nitrogen and oxygen atoms in total. The van der Waals surface area contributed by atoms with E-state index in [-0.39, 0.29) is 5.82 Å². The maximum Gasteiger partial charge on any atom is 0.139 e. The van der Waals surface area contributed by atoms with E-state index < -0.39 is 0 Å². The molecule has 1 heterocycles. The summed E-state index contributed by atoms with van der Waals surface area (Å²) >= 11 is 8.26. The fourth-order valence-corrected chi connectivity index (χ4v) is 3.35. The minimum atomic E-state index is -0.245. The summed E-state index contributed by atoms with van der Waals surface area (Å²) in [5.41, 5.74) is 1.85. The molecule has 2 aromatic rings. The van der Waals surface area contributed by atoms with Gasteiger partial charge in [-0.05, 0) is 68.6 Å². The molecule has 1 N–H and O–H groups in total. The highest BCUT2D eigenvalue weighted by Crippen LogP contribution is 2.26. The standard InChI is InChI=1S/C12H10Br2FNS/c1-7-4-9(13)10(15)5-11(7)16-6-8-2-3-12(14)17-8/h2-5,16H,6H2,1H3. The fraction of sp³-hybridized carbons (Fsp3) is 0.167. The van der Waals surface area contributed by atoms with Crippen molar-refractivity contribution < 1.29 is 4.39 Å². The molecule has 1 aromatic heterocycles. The summed E-state index contributed by atoms with van der Waals surface area (Å²) in [6, 6.07) is 7.35. The number of halogens is 3. The van der Waals surface area contributed by atoms with Gasteiger partial charge in [-0.1, -0.05) is 0 Å².